The molecule has 0 spiro atoms. The summed E-state index contributed by atoms with van der Waals surface area (Å²) in [6, 6.07) is 14.8. The van der Waals surface area contributed by atoms with Gasteiger partial charge in [0.05, 0.1) is 20.8 Å². The average molecular weight is 497 g/mol. The standard InChI is InChI=1S/C25H21ClN2O7/c1-32-20-9-5-7-15(22(20)34-14-16-6-3-4-8-18(16)26)12-19-23(29)28(25(31)27-19)13-17-10-11-21(35-17)24(30)33-2/h3-12H,13-14H2,1-2H3,(H,27,31)/b19-12-. The van der Waals surface area contributed by atoms with E-state index in [1.165, 1.54) is 32.4 Å². The smallest absolute Gasteiger partial charge is 0.373 e. The number of amides is 3. The molecule has 0 aliphatic carbocycles. The van der Waals surface area contributed by atoms with Crippen molar-refractivity contribution in [3.63, 3.8) is 0 Å². The van der Waals surface area contributed by atoms with E-state index in [9.17, 15) is 14.4 Å². The normalized spacial score (nSPS) is 14.3. The van der Waals surface area contributed by atoms with Crippen LogP contribution in [0, 0.1) is 0 Å². The van der Waals surface area contributed by atoms with Crippen molar-refractivity contribution in [1.29, 1.82) is 0 Å². The molecule has 180 valence electrons. The number of imide groups is 1. The van der Waals surface area contributed by atoms with Gasteiger partial charge in [-0.05, 0) is 30.3 Å². The van der Waals surface area contributed by atoms with E-state index >= 15 is 0 Å². The second-order valence-corrected chi connectivity index (χ2v) is 7.80. The second-order valence-electron chi connectivity index (χ2n) is 7.40. The molecule has 35 heavy (non-hydrogen) atoms. The number of para-hydroxylation sites is 1. The highest BCUT2D eigenvalue weighted by Crippen LogP contribution is 2.34. The third kappa shape index (κ3) is 5.15. The van der Waals surface area contributed by atoms with Gasteiger partial charge in [0.2, 0.25) is 5.76 Å². The molecular weight excluding hydrogens is 476 g/mol. The summed E-state index contributed by atoms with van der Waals surface area (Å²) in [6.45, 7) is 0.0106. The quantitative estimate of drug-likeness (QED) is 0.280. The zero-order valence-corrected chi connectivity index (χ0v) is 19.6. The van der Waals surface area contributed by atoms with Gasteiger partial charge in [0, 0.05) is 16.1 Å². The van der Waals surface area contributed by atoms with E-state index < -0.39 is 17.9 Å². The summed E-state index contributed by atoms with van der Waals surface area (Å²) in [4.78, 5) is 38.0. The van der Waals surface area contributed by atoms with Crippen LogP contribution in [0.4, 0.5) is 4.79 Å². The minimum atomic E-state index is -0.656. The summed E-state index contributed by atoms with van der Waals surface area (Å²) < 4.78 is 21.4. The number of benzene rings is 2. The van der Waals surface area contributed by atoms with Crippen molar-refractivity contribution in [1.82, 2.24) is 10.2 Å². The Kier molecular flexibility index (Phi) is 7.07. The molecule has 0 bridgehead atoms. The molecule has 4 rings (SSSR count). The van der Waals surface area contributed by atoms with E-state index in [1.807, 2.05) is 18.2 Å². The van der Waals surface area contributed by atoms with Gasteiger partial charge in [-0.2, -0.15) is 0 Å². The Labute approximate surface area is 205 Å². The first kappa shape index (κ1) is 23.9. The molecule has 1 aromatic heterocycles. The lowest BCUT2D eigenvalue weighted by atomic mass is 10.1. The highest BCUT2D eigenvalue weighted by atomic mass is 35.5. The maximum Gasteiger partial charge on any atom is 0.373 e. The van der Waals surface area contributed by atoms with Crippen LogP contribution in [-0.4, -0.2) is 37.0 Å². The van der Waals surface area contributed by atoms with Crippen molar-refractivity contribution in [2.24, 2.45) is 0 Å². The van der Waals surface area contributed by atoms with Gasteiger partial charge in [-0.25, -0.2) is 9.59 Å². The van der Waals surface area contributed by atoms with Crippen LogP contribution < -0.4 is 14.8 Å². The van der Waals surface area contributed by atoms with E-state index in [4.69, 9.17) is 25.5 Å². The van der Waals surface area contributed by atoms with Crippen LogP contribution >= 0.6 is 11.6 Å². The fourth-order valence-corrected chi connectivity index (χ4v) is 3.62. The first-order chi connectivity index (χ1) is 16.9. The highest BCUT2D eigenvalue weighted by molar-refractivity contribution is 6.31. The molecule has 0 unspecified atom stereocenters. The van der Waals surface area contributed by atoms with Crippen LogP contribution in [-0.2, 0) is 22.7 Å². The number of halogens is 1. The van der Waals surface area contributed by atoms with Crippen LogP contribution in [0.2, 0.25) is 5.02 Å². The number of carbonyl (C=O) groups excluding carboxylic acids is 3. The number of carbonyl (C=O) groups is 3. The monoisotopic (exact) mass is 496 g/mol. The lowest BCUT2D eigenvalue weighted by Crippen LogP contribution is -2.30. The third-order valence-electron chi connectivity index (χ3n) is 5.18. The number of methoxy groups -OCH3 is 2. The molecule has 2 aromatic carbocycles. The molecule has 10 heteroatoms. The van der Waals surface area contributed by atoms with E-state index in [2.05, 4.69) is 10.1 Å². The largest absolute Gasteiger partial charge is 0.493 e. The maximum absolute atomic E-state index is 13.0. The van der Waals surface area contributed by atoms with E-state index in [-0.39, 0.29) is 30.4 Å². The molecule has 0 saturated carbocycles. The number of nitrogens with zero attached hydrogens (tertiary/aromatic N) is 1. The Bertz CT molecular complexity index is 1310. The average Bonchev–Trinajstić information content (AvgIpc) is 3.44. The maximum atomic E-state index is 13.0. The number of rotatable bonds is 8. The van der Waals surface area contributed by atoms with Crippen molar-refractivity contribution in [2.75, 3.05) is 14.2 Å². The number of urea groups is 1. The Balaban J connectivity index is 1.56. The lowest BCUT2D eigenvalue weighted by molar-refractivity contribution is -0.123. The van der Waals surface area contributed by atoms with Gasteiger partial charge in [0.15, 0.2) is 11.5 Å². The predicted octanol–water partition coefficient (Wildman–Crippen LogP) is 4.40. The molecule has 3 amide bonds. The summed E-state index contributed by atoms with van der Waals surface area (Å²) >= 11 is 6.23. The van der Waals surface area contributed by atoms with Crippen molar-refractivity contribution >= 4 is 35.6 Å². The van der Waals surface area contributed by atoms with Crippen molar-refractivity contribution in [3.8, 4) is 11.5 Å². The molecule has 1 aliphatic rings. The van der Waals surface area contributed by atoms with Crippen LogP contribution in [0.3, 0.4) is 0 Å². The fourth-order valence-electron chi connectivity index (χ4n) is 3.43. The fraction of sp³-hybridized carbons (Fsp3) is 0.160. The Morgan fingerprint density at radius 1 is 1.09 bits per heavy atom. The van der Waals surface area contributed by atoms with E-state index in [0.29, 0.717) is 22.1 Å². The second kappa shape index (κ2) is 10.4. The molecule has 1 aliphatic heterocycles. The van der Waals surface area contributed by atoms with Gasteiger partial charge in [-0.1, -0.05) is 41.9 Å². The molecule has 1 N–H and O–H groups in total. The SMILES string of the molecule is COC(=O)c1ccc(CN2C(=O)N/C(=C\c3cccc(OC)c3OCc3ccccc3Cl)C2=O)o1. The highest BCUT2D eigenvalue weighted by Gasteiger charge is 2.34. The van der Waals surface area contributed by atoms with Gasteiger partial charge in [0.25, 0.3) is 5.91 Å². The number of nitrogens with one attached hydrogen (secondary N) is 1. The van der Waals surface area contributed by atoms with Gasteiger partial charge in [0.1, 0.15) is 18.1 Å². The van der Waals surface area contributed by atoms with Crippen LogP contribution in [0.25, 0.3) is 6.08 Å². The molecule has 1 fully saturated rings. The van der Waals surface area contributed by atoms with Gasteiger partial charge in [-0.15, -0.1) is 0 Å². The Hall–Kier alpha value is -4.24. The van der Waals surface area contributed by atoms with Crippen LogP contribution in [0.5, 0.6) is 11.5 Å². The van der Waals surface area contributed by atoms with Gasteiger partial charge >= 0.3 is 12.0 Å². The molecule has 0 radical (unpaired) electrons. The molecule has 1 saturated heterocycles. The Morgan fingerprint density at radius 3 is 2.63 bits per heavy atom. The summed E-state index contributed by atoms with van der Waals surface area (Å²) in [7, 11) is 2.73. The minimum Gasteiger partial charge on any atom is -0.493 e. The molecule has 2 heterocycles. The van der Waals surface area contributed by atoms with Crippen molar-refractivity contribution in [3.05, 3.63) is 88.0 Å². The number of hydrogen-bond acceptors (Lipinski definition) is 7. The summed E-state index contributed by atoms with van der Waals surface area (Å²) in [5, 5.41) is 3.12. The molecular formula is C25H21ClN2O7. The van der Waals surface area contributed by atoms with Crippen molar-refractivity contribution in [2.45, 2.75) is 13.2 Å². The first-order valence-electron chi connectivity index (χ1n) is 10.5. The summed E-state index contributed by atoms with van der Waals surface area (Å²) in [5.41, 5.74) is 1.35. The molecule has 0 atom stereocenters. The van der Waals surface area contributed by atoms with Gasteiger partial charge < -0.3 is 23.9 Å². The predicted molar refractivity (Wildman–Crippen MR) is 126 cm³/mol. The van der Waals surface area contributed by atoms with Crippen LogP contribution in [0.1, 0.15) is 27.4 Å². The third-order valence-corrected chi connectivity index (χ3v) is 5.55. The van der Waals surface area contributed by atoms with Crippen molar-refractivity contribution < 1.29 is 33.0 Å². The molecule has 9 nitrogen and oxygen atoms in total. The number of esters is 1. The molecule has 3 aromatic rings. The zero-order chi connectivity index (χ0) is 24.9. The first-order valence-corrected chi connectivity index (χ1v) is 10.8. The van der Waals surface area contributed by atoms with Gasteiger partial charge in [-0.3, -0.25) is 9.69 Å². The zero-order valence-electron chi connectivity index (χ0n) is 18.9. The minimum absolute atomic E-state index is 0.0259. The number of ether oxygens (including phenoxy) is 3. The van der Waals surface area contributed by atoms with E-state index in [0.717, 1.165) is 10.5 Å². The van der Waals surface area contributed by atoms with Crippen LogP contribution in [0.15, 0.2) is 64.7 Å². The topological polar surface area (TPSA) is 107 Å². The number of furan rings is 1. The summed E-state index contributed by atoms with van der Waals surface area (Å²) in [6.07, 6.45) is 1.51. The lowest BCUT2D eigenvalue weighted by Gasteiger charge is -2.14. The van der Waals surface area contributed by atoms with E-state index in [1.54, 1.807) is 24.3 Å². The summed E-state index contributed by atoms with van der Waals surface area (Å²) in [5.74, 6) is -0.160. The Morgan fingerprint density at radius 2 is 1.89 bits per heavy atom. The number of hydrogen-bond donors (Lipinski definition) is 1.